The third-order valence-corrected chi connectivity index (χ3v) is 5.17. The molecule has 1 aliphatic heterocycles. The third-order valence-electron chi connectivity index (χ3n) is 5.17. The third kappa shape index (κ3) is 3.64. The van der Waals surface area contributed by atoms with Gasteiger partial charge in [-0.25, -0.2) is 4.68 Å². The molecule has 2 fully saturated rings. The van der Waals surface area contributed by atoms with Crippen molar-refractivity contribution in [1.82, 2.24) is 19.9 Å². The minimum Gasteiger partial charge on any atom is -0.387 e. The Labute approximate surface area is 127 Å². The second kappa shape index (κ2) is 6.88. The van der Waals surface area contributed by atoms with Crippen molar-refractivity contribution in [2.45, 2.75) is 76.5 Å². The highest BCUT2D eigenvalue weighted by Gasteiger charge is 2.27. The minimum atomic E-state index is -0.523. The van der Waals surface area contributed by atoms with Crippen LogP contribution < -0.4 is 0 Å². The number of rotatable bonds is 3. The van der Waals surface area contributed by atoms with Gasteiger partial charge in [0, 0.05) is 19.1 Å². The Morgan fingerprint density at radius 2 is 1.71 bits per heavy atom. The first kappa shape index (κ1) is 15.0. The van der Waals surface area contributed by atoms with Crippen molar-refractivity contribution in [2.24, 2.45) is 0 Å². The van der Waals surface area contributed by atoms with Crippen LogP contribution in [0.3, 0.4) is 0 Å². The van der Waals surface area contributed by atoms with Crippen LogP contribution in [0.2, 0.25) is 0 Å². The first-order valence-electron chi connectivity index (χ1n) is 8.58. The Hall–Kier alpha value is -0.940. The van der Waals surface area contributed by atoms with Crippen molar-refractivity contribution in [3.63, 3.8) is 0 Å². The van der Waals surface area contributed by atoms with Gasteiger partial charge >= 0.3 is 0 Å². The average Bonchev–Trinajstić information content (AvgIpc) is 2.84. The van der Waals surface area contributed by atoms with Crippen LogP contribution in [0.25, 0.3) is 0 Å². The number of piperidine rings is 1. The van der Waals surface area contributed by atoms with Gasteiger partial charge in [0.2, 0.25) is 0 Å². The molecule has 3 rings (SSSR count). The Bertz CT molecular complexity index is 429. The fourth-order valence-corrected chi connectivity index (χ4v) is 3.80. The summed E-state index contributed by atoms with van der Waals surface area (Å²) in [5.74, 6) is 0. The van der Waals surface area contributed by atoms with Crippen molar-refractivity contribution in [3.8, 4) is 0 Å². The van der Waals surface area contributed by atoms with E-state index in [2.05, 4.69) is 15.2 Å². The molecule has 118 valence electrons. The largest absolute Gasteiger partial charge is 0.387 e. The number of hydrogen-bond acceptors (Lipinski definition) is 4. The molecule has 1 saturated carbocycles. The normalized spacial score (nSPS) is 24.9. The van der Waals surface area contributed by atoms with E-state index in [9.17, 15) is 5.11 Å². The van der Waals surface area contributed by atoms with E-state index in [1.54, 1.807) is 6.92 Å². The molecule has 0 radical (unpaired) electrons. The Kier molecular flexibility index (Phi) is 4.91. The number of aromatic nitrogens is 3. The second-order valence-corrected chi connectivity index (χ2v) is 6.71. The van der Waals surface area contributed by atoms with Crippen molar-refractivity contribution in [2.75, 3.05) is 13.1 Å². The number of aliphatic hydroxyl groups is 1. The SMILES string of the molecule is C[C@@H](O)c1cn(C2CCN(C3CCCCCC3)CC2)nn1. The van der Waals surface area contributed by atoms with Gasteiger partial charge in [-0.15, -0.1) is 5.10 Å². The van der Waals surface area contributed by atoms with Gasteiger partial charge in [0.1, 0.15) is 5.69 Å². The molecule has 1 N–H and O–H groups in total. The topological polar surface area (TPSA) is 54.2 Å². The van der Waals surface area contributed by atoms with E-state index in [1.807, 2.05) is 10.9 Å². The second-order valence-electron chi connectivity index (χ2n) is 6.71. The van der Waals surface area contributed by atoms with E-state index in [4.69, 9.17) is 0 Å². The molecule has 5 heteroatoms. The highest BCUT2D eigenvalue weighted by molar-refractivity contribution is 4.97. The maximum atomic E-state index is 9.55. The summed E-state index contributed by atoms with van der Waals surface area (Å²) in [7, 11) is 0. The maximum absolute atomic E-state index is 9.55. The van der Waals surface area contributed by atoms with Gasteiger partial charge in [-0.2, -0.15) is 0 Å². The van der Waals surface area contributed by atoms with E-state index < -0.39 is 6.10 Å². The fraction of sp³-hybridized carbons (Fsp3) is 0.875. The molecule has 0 spiro atoms. The molecular weight excluding hydrogens is 264 g/mol. The Morgan fingerprint density at radius 3 is 2.29 bits per heavy atom. The van der Waals surface area contributed by atoms with Crippen molar-refractivity contribution in [1.29, 1.82) is 0 Å². The van der Waals surface area contributed by atoms with Gasteiger partial charge in [-0.1, -0.05) is 30.9 Å². The first-order valence-corrected chi connectivity index (χ1v) is 8.58. The molecule has 1 saturated heterocycles. The molecule has 0 aromatic carbocycles. The molecule has 2 aliphatic rings. The lowest BCUT2D eigenvalue weighted by molar-refractivity contribution is 0.119. The summed E-state index contributed by atoms with van der Waals surface area (Å²) in [5.41, 5.74) is 0.682. The summed E-state index contributed by atoms with van der Waals surface area (Å²) in [6.07, 6.45) is 12.1. The van der Waals surface area contributed by atoms with Gasteiger partial charge in [-0.3, -0.25) is 0 Å². The standard InChI is InChI=1S/C16H28N4O/c1-13(21)16-12-20(18-17-16)15-8-10-19(11-9-15)14-6-4-2-3-5-7-14/h12-15,21H,2-11H2,1H3/t13-/m1/s1. The average molecular weight is 292 g/mol. The Morgan fingerprint density at radius 1 is 1.05 bits per heavy atom. The molecule has 2 heterocycles. The number of likely N-dealkylation sites (tertiary alicyclic amines) is 1. The zero-order chi connectivity index (χ0) is 14.7. The van der Waals surface area contributed by atoms with E-state index in [0.717, 1.165) is 18.9 Å². The van der Waals surface area contributed by atoms with E-state index >= 15 is 0 Å². The lowest BCUT2D eigenvalue weighted by atomic mass is 10.00. The molecule has 1 aromatic heterocycles. The van der Waals surface area contributed by atoms with Gasteiger partial charge in [-0.05, 0) is 32.6 Å². The summed E-state index contributed by atoms with van der Waals surface area (Å²) in [6, 6.07) is 1.27. The molecule has 0 unspecified atom stereocenters. The molecule has 1 atom stereocenters. The molecule has 5 nitrogen and oxygen atoms in total. The summed E-state index contributed by atoms with van der Waals surface area (Å²) in [5, 5.41) is 17.8. The highest BCUT2D eigenvalue weighted by Crippen LogP contribution is 2.28. The monoisotopic (exact) mass is 292 g/mol. The smallest absolute Gasteiger partial charge is 0.111 e. The predicted molar refractivity (Wildman–Crippen MR) is 82.0 cm³/mol. The molecular formula is C16H28N4O. The van der Waals surface area contributed by atoms with Crippen molar-refractivity contribution in [3.05, 3.63) is 11.9 Å². The van der Waals surface area contributed by atoms with E-state index in [-0.39, 0.29) is 0 Å². The van der Waals surface area contributed by atoms with Crippen LogP contribution >= 0.6 is 0 Å². The molecule has 21 heavy (non-hydrogen) atoms. The molecule has 0 bridgehead atoms. The molecule has 1 aliphatic carbocycles. The van der Waals surface area contributed by atoms with Crippen LogP contribution in [0, 0.1) is 0 Å². The fourth-order valence-electron chi connectivity index (χ4n) is 3.80. The van der Waals surface area contributed by atoms with Crippen LogP contribution in [0.1, 0.15) is 76.1 Å². The predicted octanol–water partition coefficient (Wildman–Crippen LogP) is 2.69. The van der Waals surface area contributed by atoms with E-state index in [0.29, 0.717) is 11.7 Å². The first-order chi connectivity index (χ1) is 10.2. The van der Waals surface area contributed by atoms with E-state index in [1.165, 1.54) is 51.6 Å². The number of hydrogen-bond donors (Lipinski definition) is 1. The molecule has 0 amide bonds. The quantitative estimate of drug-likeness (QED) is 0.870. The zero-order valence-corrected chi connectivity index (χ0v) is 13.1. The Balaban J connectivity index is 1.54. The van der Waals surface area contributed by atoms with Crippen LogP contribution in [-0.2, 0) is 0 Å². The summed E-state index contributed by atoms with van der Waals surface area (Å²) in [4.78, 5) is 2.70. The zero-order valence-electron chi connectivity index (χ0n) is 13.1. The van der Waals surface area contributed by atoms with Gasteiger partial charge < -0.3 is 10.0 Å². The minimum absolute atomic E-state index is 0.451. The maximum Gasteiger partial charge on any atom is 0.111 e. The summed E-state index contributed by atoms with van der Waals surface area (Å²) >= 11 is 0. The molecule has 1 aromatic rings. The lowest BCUT2D eigenvalue weighted by Crippen LogP contribution is -2.41. The summed E-state index contributed by atoms with van der Waals surface area (Å²) < 4.78 is 1.96. The van der Waals surface area contributed by atoms with Gasteiger partial charge in [0.25, 0.3) is 0 Å². The van der Waals surface area contributed by atoms with Crippen LogP contribution in [0.15, 0.2) is 6.20 Å². The van der Waals surface area contributed by atoms with Gasteiger partial charge in [0.15, 0.2) is 0 Å². The number of nitrogens with zero attached hydrogens (tertiary/aromatic N) is 4. The van der Waals surface area contributed by atoms with Crippen LogP contribution in [-0.4, -0.2) is 44.1 Å². The summed E-state index contributed by atoms with van der Waals surface area (Å²) in [6.45, 7) is 4.10. The van der Waals surface area contributed by atoms with Crippen LogP contribution in [0.5, 0.6) is 0 Å². The lowest BCUT2D eigenvalue weighted by Gasteiger charge is -2.37. The number of aliphatic hydroxyl groups excluding tert-OH is 1. The highest BCUT2D eigenvalue weighted by atomic mass is 16.3. The van der Waals surface area contributed by atoms with Gasteiger partial charge in [0.05, 0.1) is 18.3 Å². The van der Waals surface area contributed by atoms with Crippen molar-refractivity contribution < 1.29 is 5.11 Å². The van der Waals surface area contributed by atoms with Crippen molar-refractivity contribution >= 4 is 0 Å². The van der Waals surface area contributed by atoms with Crippen LogP contribution in [0.4, 0.5) is 0 Å².